The van der Waals surface area contributed by atoms with Crippen LogP contribution in [0.5, 0.6) is 0 Å². The van der Waals surface area contributed by atoms with E-state index in [1.54, 1.807) is 25.1 Å². The van der Waals surface area contributed by atoms with Gasteiger partial charge in [0.1, 0.15) is 0 Å². The number of esters is 1. The highest BCUT2D eigenvalue weighted by Crippen LogP contribution is 2.20. The van der Waals surface area contributed by atoms with E-state index in [0.717, 1.165) is 10.9 Å². The molecule has 5 nitrogen and oxygen atoms in total. The van der Waals surface area contributed by atoms with Gasteiger partial charge in [0.25, 0.3) is 0 Å². The molecule has 0 bridgehead atoms. The zero-order valence-corrected chi connectivity index (χ0v) is 14.3. The first-order valence-electron chi connectivity index (χ1n) is 8.12. The van der Waals surface area contributed by atoms with Crippen LogP contribution in [0.25, 0.3) is 10.9 Å². The number of carbonyl (C=O) groups is 2. The quantitative estimate of drug-likeness (QED) is 0.722. The number of anilines is 1. The van der Waals surface area contributed by atoms with Gasteiger partial charge in [0.15, 0.2) is 0 Å². The number of hydrogen-bond donors (Lipinski definition) is 1. The van der Waals surface area contributed by atoms with Gasteiger partial charge < -0.3 is 14.6 Å². The van der Waals surface area contributed by atoms with E-state index in [1.165, 1.54) is 7.11 Å². The predicted octanol–water partition coefficient (Wildman–Crippen LogP) is 3.77. The Balaban J connectivity index is 1.68. The molecule has 5 heteroatoms. The van der Waals surface area contributed by atoms with Crippen molar-refractivity contribution in [2.45, 2.75) is 19.9 Å². The molecule has 1 heterocycles. The Kier molecular flexibility index (Phi) is 4.84. The Morgan fingerprint density at radius 1 is 1.08 bits per heavy atom. The third kappa shape index (κ3) is 3.55. The summed E-state index contributed by atoms with van der Waals surface area (Å²) in [5.41, 5.74) is 2.90. The number of methoxy groups -OCH3 is 1. The number of carbonyl (C=O) groups excluding carboxylic acids is 2. The normalized spacial score (nSPS) is 10.6. The molecule has 1 N–H and O–H groups in total. The van der Waals surface area contributed by atoms with Gasteiger partial charge in [-0.2, -0.15) is 0 Å². The molecule has 3 rings (SSSR count). The number of benzene rings is 2. The second kappa shape index (κ2) is 7.21. The van der Waals surface area contributed by atoms with Crippen molar-refractivity contribution < 1.29 is 14.3 Å². The second-order valence-corrected chi connectivity index (χ2v) is 5.84. The molecule has 0 atom stereocenters. The average molecular weight is 336 g/mol. The summed E-state index contributed by atoms with van der Waals surface area (Å²) in [6.45, 7) is 2.39. The van der Waals surface area contributed by atoms with Crippen LogP contribution in [0, 0.1) is 6.92 Å². The minimum Gasteiger partial charge on any atom is -0.465 e. The molecular weight excluding hydrogens is 316 g/mol. The molecule has 2 aromatic carbocycles. The third-order valence-electron chi connectivity index (χ3n) is 4.27. The van der Waals surface area contributed by atoms with Crippen LogP contribution in [-0.4, -0.2) is 23.6 Å². The van der Waals surface area contributed by atoms with Gasteiger partial charge >= 0.3 is 5.97 Å². The molecule has 0 unspecified atom stereocenters. The number of hydrogen-bond acceptors (Lipinski definition) is 3. The topological polar surface area (TPSA) is 60.3 Å². The number of para-hydroxylation sites is 1. The molecule has 0 fully saturated rings. The molecule has 0 aliphatic rings. The van der Waals surface area contributed by atoms with E-state index in [0.29, 0.717) is 29.8 Å². The van der Waals surface area contributed by atoms with Crippen LogP contribution in [0.1, 0.15) is 22.3 Å². The molecule has 3 aromatic rings. The lowest BCUT2D eigenvalue weighted by Crippen LogP contribution is -2.16. The predicted molar refractivity (Wildman–Crippen MR) is 97.7 cm³/mol. The van der Waals surface area contributed by atoms with E-state index in [9.17, 15) is 9.59 Å². The van der Waals surface area contributed by atoms with Crippen LogP contribution in [0.4, 0.5) is 5.69 Å². The number of fused-ring (bicyclic) bond motifs is 1. The fourth-order valence-corrected chi connectivity index (χ4v) is 2.87. The molecular formula is C20H20N2O3. The van der Waals surface area contributed by atoms with E-state index in [4.69, 9.17) is 4.74 Å². The summed E-state index contributed by atoms with van der Waals surface area (Å²) in [5.74, 6) is -0.504. The molecule has 1 amide bonds. The van der Waals surface area contributed by atoms with E-state index in [-0.39, 0.29) is 5.91 Å². The lowest BCUT2D eigenvalue weighted by molar-refractivity contribution is -0.116. The standard InChI is InChI=1S/C20H20N2O3/c1-14-16(20(24)25-2)7-5-8-17(14)21-19(23)11-13-22-12-10-15-6-3-4-9-18(15)22/h3-10,12H,11,13H2,1-2H3,(H,21,23). The largest absolute Gasteiger partial charge is 0.465 e. The molecule has 0 radical (unpaired) electrons. The molecule has 25 heavy (non-hydrogen) atoms. The molecule has 128 valence electrons. The van der Waals surface area contributed by atoms with Crippen LogP contribution in [0.2, 0.25) is 0 Å². The Morgan fingerprint density at radius 2 is 1.88 bits per heavy atom. The third-order valence-corrected chi connectivity index (χ3v) is 4.27. The highest BCUT2D eigenvalue weighted by Gasteiger charge is 2.13. The lowest BCUT2D eigenvalue weighted by atomic mass is 10.1. The van der Waals surface area contributed by atoms with Gasteiger partial charge in [-0.3, -0.25) is 4.79 Å². The van der Waals surface area contributed by atoms with Crippen LogP contribution in [0.15, 0.2) is 54.7 Å². The number of nitrogens with one attached hydrogen (secondary N) is 1. The average Bonchev–Trinajstić information content (AvgIpc) is 3.04. The molecule has 0 spiro atoms. The molecule has 0 saturated heterocycles. The number of rotatable bonds is 5. The maximum absolute atomic E-state index is 12.3. The van der Waals surface area contributed by atoms with Crippen molar-refractivity contribution in [3.8, 4) is 0 Å². The van der Waals surface area contributed by atoms with E-state index >= 15 is 0 Å². The van der Waals surface area contributed by atoms with Gasteiger partial charge in [-0.15, -0.1) is 0 Å². The first kappa shape index (κ1) is 16.8. The minimum atomic E-state index is -0.410. The molecule has 0 saturated carbocycles. The molecule has 0 aliphatic carbocycles. The summed E-state index contributed by atoms with van der Waals surface area (Å²) in [4.78, 5) is 24.0. The second-order valence-electron chi connectivity index (χ2n) is 5.84. The fraction of sp³-hybridized carbons (Fsp3) is 0.200. The van der Waals surface area contributed by atoms with Crippen LogP contribution >= 0.6 is 0 Å². The number of nitrogens with zero attached hydrogens (tertiary/aromatic N) is 1. The maximum Gasteiger partial charge on any atom is 0.338 e. The van der Waals surface area contributed by atoms with E-state index in [1.807, 2.05) is 36.5 Å². The van der Waals surface area contributed by atoms with Crippen molar-refractivity contribution in [3.63, 3.8) is 0 Å². The number of ether oxygens (including phenoxy) is 1. The summed E-state index contributed by atoms with van der Waals surface area (Å²) >= 11 is 0. The summed E-state index contributed by atoms with van der Waals surface area (Å²) in [5, 5.41) is 4.04. The highest BCUT2D eigenvalue weighted by atomic mass is 16.5. The summed E-state index contributed by atoms with van der Waals surface area (Å²) in [6.07, 6.45) is 2.33. The highest BCUT2D eigenvalue weighted by molar-refractivity contribution is 5.96. The van der Waals surface area contributed by atoms with Gasteiger partial charge in [0.05, 0.1) is 12.7 Å². The van der Waals surface area contributed by atoms with Crippen LogP contribution in [0.3, 0.4) is 0 Å². The fourth-order valence-electron chi connectivity index (χ4n) is 2.87. The van der Waals surface area contributed by atoms with Gasteiger partial charge in [0.2, 0.25) is 5.91 Å². The van der Waals surface area contributed by atoms with Gasteiger partial charge in [0, 0.05) is 30.4 Å². The number of amides is 1. The lowest BCUT2D eigenvalue weighted by Gasteiger charge is -2.12. The van der Waals surface area contributed by atoms with Crippen molar-refractivity contribution in [1.29, 1.82) is 0 Å². The summed E-state index contributed by atoms with van der Waals surface area (Å²) in [6, 6.07) is 15.3. The van der Waals surface area contributed by atoms with Gasteiger partial charge in [-0.25, -0.2) is 4.79 Å². The Bertz CT molecular complexity index is 928. The Morgan fingerprint density at radius 3 is 2.68 bits per heavy atom. The Labute approximate surface area is 146 Å². The zero-order chi connectivity index (χ0) is 17.8. The van der Waals surface area contributed by atoms with Crippen LogP contribution < -0.4 is 5.32 Å². The van der Waals surface area contributed by atoms with E-state index < -0.39 is 5.97 Å². The minimum absolute atomic E-state index is 0.0945. The summed E-state index contributed by atoms with van der Waals surface area (Å²) in [7, 11) is 1.34. The number of aromatic nitrogens is 1. The van der Waals surface area contributed by atoms with Crippen LogP contribution in [-0.2, 0) is 16.1 Å². The van der Waals surface area contributed by atoms with Crippen molar-refractivity contribution in [2.24, 2.45) is 0 Å². The smallest absolute Gasteiger partial charge is 0.338 e. The van der Waals surface area contributed by atoms with Crippen molar-refractivity contribution in [3.05, 3.63) is 65.9 Å². The van der Waals surface area contributed by atoms with Crippen molar-refractivity contribution >= 4 is 28.5 Å². The molecule has 0 aliphatic heterocycles. The number of aryl methyl sites for hydroxylation is 1. The molecule has 1 aromatic heterocycles. The van der Waals surface area contributed by atoms with Gasteiger partial charge in [-0.05, 0) is 42.1 Å². The zero-order valence-electron chi connectivity index (χ0n) is 14.3. The van der Waals surface area contributed by atoms with Gasteiger partial charge in [-0.1, -0.05) is 24.3 Å². The first-order valence-corrected chi connectivity index (χ1v) is 8.12. The van der Waals surface area contributed by atoms with E-state index in [2.05, 4.69) is 9.88 Å². The first-order chi connectivity index (χ1) is 12.1. The Hall–Kier alpha value is -3.08. The maximum atomic E-state index is 12.3. The van der Waals surface area contributed by atoms with Crippen molar-refractivity contribution in [2.75, 3.05) is 12.4 Å². The monoisotopic (exact) mass is 336 g/mol. The SMILES string of the molecule is COC(=O)c1cccc(NC(=O)CCn2ccc3ccccc32)c1C. The van der Waals surface area contributed by atoms with Crippen molar-refractivity contribution in [1.82, 2.24) is 4.57 Å². The summed E-state index contributed by atoms with van der Waals surface area (Å²) < 4.78 is 6.82.